The summed E-state index contributed by atoms with van der Waals surface area (Å²) in [5.74, 6) is 0.764. The minimum Gasteiger partial charge on any atom is -0.466 e. The first kappa shape index (κ1) is 20.7. The minimum absolute atomic E-state index is 0. The summed E-state index contributed by atoms with van der Waals surface area (Å²) in [5, 5.41) is 0. The highest BCUT2D eigenvalue weighted by atomic mass is 35.5. The zero-order valence-corrected chi connectivity index (χ0v) is 14.5. The van der Waals surface area contributed by atoms with Gasteiger partial charge in [0.2, 0.25) is 0 Å². The Morgan fingerprint density at radius 3 is 2.48 bits per heavy atom. The summed E-state index contributed by atoms with van der Waals surface area (Å²) in [5.41, 5.74) is 5.71. The molecule has 0 amide bonds. The van der Waals surface area contributed by atoms with Gasteiger partial charge >= 0.3 is 5.97 Å². The standard InChI is InChI=1S/C16H32N2O2.ClH/c1-14(2)11-15(13-17)12-16(19)20-10-6-9-18-7-4-3-5-8-18;/h14-15H,3-13,17H2,1-2H3;1H/t15-;/m0./s1. The van der Waals surface area contributed by atoms with Crippen molar-refractivity contribution in [2.24, 2.45) is 17.6 Å². The predicted octanol–water partition coefficient (Wildman–Crippen LogP) is 2.84. The third-order valence-corrected chi connectivity index (χ3v) is 3.92. The van der Waals surface area contributed by atoms with Gasteiger partial charge < -0.3 is 15.4 Å². The second-order valence-electron chi connectivity index (χ2n) is 6.41. The van der Waals surface area contributed by atoms with Crippen molar-refractivity contribution in [2.75, 3.05) is 32.8 Å². The van der Waals surface area contributed by atoms with Crippen molar-refractivity contribution in [3.63, 3.8) is 0 Å². The van der Waals surface area contributed by atoms with Gasteiger partial charge in [-0.1, -0.05) is 20.3 Å². The quantitative estimate of drug-likeness (QED) is 0.524. The van der Waals surface area contributed by atoms with E-state index >= 15 is 0 Å². The van der Waals surface area contributed by atoms with E-state index in [-0.39, 0.29) is 24.3 Å². The van der Waals surface area contributed by atoms with Crippen molar-refractivity contribution >= 4 is 18.4 Å². The summed E-state index contributed by atoms with van der Waals surface area (Å²) in [6.07, 6.45) is 6.41. The number of ether oxygens (including phenoxy) is 1. The van der Waals surface area contributed by atoms with Gasteiger partial charge in [0.25, 0.3) is 0 Å². The van der Waals surface area contributed by atoms with E-state index in [4.69, 9.17) is 10.5 Å². The second kappa shape index (κ2) is 12.2. The summed E-state index contributed by atoms with van der Waals surface area (Å²) >= 11 is 0. The molecule has 1 fully saturated rings. The number of piperidine rings is 1. The zero-order chi connectivity index (χ0) is 14.8. The van der Waals surface area contributed by atoms with Crippen molar-refractivity contribution in [2.45, 2.75) is 52.4 Å². The highest BCUT2D eigenvalue weighted by molar-refractivity contribution is 5.85. The lowest BCUT2D eigenvalue weighted by Crippen LogP contribution is -2.31. The van der Waals surface area contributed by atoms with Crippen LogP contribution in [0.5, 0.6) is 0 Å². The fraction of sp³-hybridized carbons (Fsp3) is 0.938. The molecule has 4 nitrogen and oxygen atoms in total. The van der Waals surface area contributed by atoms with E-state index < -0.39 is 0 Å². The Hall–Kier alpha value is -0.320. The fourth-order valence-electron chi connectivity index (χ4n) is 2.88. The number of carbonyl (C=O) groups excluding carboxylic acids is 1. The molecule has 1 rings (SSSR count). The molecule has 0 saturated carbocycles. The third kappa shape index (κ3) is 10.1. The number of hydrogen-bond acceptors (Lipinski definition) is 4. The fourth-order valence-corrected chi connectivity index (χ4v) is 2.88. The Balaban J connectivity index is 0.00000400. The lowest BCUT2D eigenvalue weighted by molar-refractivity contribution is -0.145. The third-order valence-electron chi connectivity index (χ3n) is 3.92. The van der Waals surface area contributed by atoms with Crippen LogP contribution >= 0.6 is 12.4 Å². The van der Waals surface area contributed by atoms with Gasteiger partial charge in [0.05, 0.1) is 6.61 Å². The Bertz CT molecular complexity index is 269. The maximum Gasteiger partial charge on any atom is 0.306 e. The van der Waals surface area contributed by atoms with Crippen LogP contribution in [-0.2, 0) is 9.53 Å². The number of hydrogen-bond donors (Lipinski definition) is 1. The molecule has 0 aromatic heterocycles. The van der Waals surface area contributed by atoms with Gasteiger partial charge in [0.15, 0.2) is 0 Å². The van der Waals surface area contributed by atoms with Crippen LogP contribution < -0.4 is 5.73 Å². The molecular weight excluding hydrogens is 288 g/mol. The Morgan fingerprint density at radius 2 is 1.90 bits per heavy atom. The number of rotatable bonds is 9. The first-order valence-electron chi connectivity index (χ1n) is 8.20. The lowest BCUT2D eigenvalue weighted by atomic mass is 9.94. The van der Waals surface area contributed by atoms with Crippen LogP contribution in [0.2, 0.25) is 0 Å². The van der Waals surface area contributed by atoms with E-state index in [0.29, 0.717) is 25.5 Å². The van der Waals surface area contributed by atoms with Crippen LogP contribution in [0.4, 0.5) is 0 Å². The van der Waals surface area contributed by atoms with Crippen molar-refractivity contribution < 1.29 is 9.53 Å². The van der Waals surface area contributed by atoms with Crippen LogP contribution in [0, 0.1) is 11.8 Å². The molecule has 0 aliphatic carbocycles. The summed E-state index contributed by atoms with van der Waals surface area (Å²) in [7, 11) is 0. The highest BCUT2D eigenvalue weighted by Gasteiger charge is 2.15. The Labute approximate surface area is 136 Å². The minimum atomic E-state index is -0.0836. The zero-order valence-electron chi connectivity index (χ0n) is 13.7. The molecule has 1 aliphatic heterocycles. The number of nitrogens with two attached hydrogens (primary N) is 1. The van der Waals surface area contributed by atoms with Crippen molar-refractivity contribution in [3.05, 3.63) is 0 Å². The highest BCUT2D eigenvalue weighted by Crippen LogP contribution is 2.15. The number of carbonyl (C=O) groups is 1. The van der Waals surface area contributed by atoms with Gasteiger partial charge in [-0.3, -0.25) is 4.79 Å². The van der Waals surface area contributed by atoms with Crippen LogP contribution in [0.1, 0.15) is 52.4 Å². The van der Waals surface area contributed by atoms with Gasteiger partial charge in [0, 0.05) is 13.0 Å². The van der Waals surface area contributed by atoms with Crippen LogP contribution in [0.15, 0.2) is 0 Å². The van der Waals surface area contributed by atoms with Gasteiger partial charge in [-0.25, -0.2) is 0 Å². The van der Waals surface area contributed by atoms with E-state index in [9.17, 15) is 4.79 Å². The molecule has 0 spiro atoms. The molecule has 0 bridgehead atoms. The normalized spacial score (nSPS) is 17.3. The molecule has 1 atom stereocenters. The molecule has 0 unspecified atom stereocenters. The number of esters is 1. The van der Waals surface area contributed by atoms with Crippen LogP contribution in [-0.4, -0.2) is 43.7 Å². The average molecular weight is 321 g/mol. The van der Waals surface area contributed by atoms with Gasteiger partial charge in [-0.15, -0.1) is 12.4 Å². The van der Waals surface area contributed by atoms with E-state index in [1.165, 1.54) is 32.4 Å². The lowest BCUT2D eigenvalue weighted by Gasteiger charge is -2.26. The largest absolute Gasteiger partial charge is 0.466 e. The smallest absolute Gasteiger partial charge is 0.306 e. The van der Waals surface area contributed by atoms with E-state index in [0.717, 1.165) is 19.4 Å². The van der Waals surface area contributed by atoms with E-state index in [1.807, 2.05) is 0 Å². The first-order chi connectivity index (χ1) is 9.61. The Morgan fingerprint density at radius 1 is 1.24 bits per heavy atom. The monoisotopic (exact) mass is 320 g/mol. The molecule has 1 saturated heterocycles. The van der Waals surface area contributed by atoms with Gasteiger partial charge in [-0.05, 0) is 57.2 Å². The maximum absolute atomic E-state index is 11.8. The molecule has 0 aromatic rings. The number of halogens is 1. The number of nitrogens with zero attached hydrogens (tertiary/aromatic N) is 1. The molecule has 1 heterocycles. The Kier molecular flexibility index (Phi) is 12.1. The average Bonchev–Trinajstić information content (AvgIpc) is 2.43. The van der Waals surface area contributed by atoms with Gasteiger partial charge in [-0.2, -0.15) is 0 Å². The second-order valence-corrected chi connectivity index (χ2v) is 6.41. The predicted molar refractivity (Wildman–Crippen MR) is 89.7 cm³/mol. The summed E-state index contributed by atoms with van der Waals surface area (Å²) < 4.78 is 5.33. The van der Waals surface area contributed by atoms with E-state index in [2.05, 4.69) is 18.7 Å². The number of likely N-dealkylation sites (tertiary alicyclic amines) is 1. The molecule has 0 radical (unpaired) electrons. The van der Waals surface area contributed by atoms with E-state index in [1.54, 1.807) is 0 Å². The molecule has 2 N–H and O–H groups in total. The SMILES string of the molecule is CC(C)C[C@H](CN)CC(=O)OCCCN1CCCCC1.Cl. The topological polar surface area (TPSA) is 55.6 Å². The van der Waals surface area contributed by atoms with Crippen molar-refractivity contribution in [1.82, 2.24) is 4.90 Å². The van der Waals surface area contributed by atoms with Crippen molar-refractivity contribution in [3.8, 4) is 0 Å². The molecule has 21 heavy (non-hydrogen) atoms. The molecule has 126 valence electrons. The van der Waals surface area contributed by atoms with Gasteiger partial charge in [0.1, 0.15) is 0 Å². The first-order valence-corrected chi connectivity index (χ1v) is 8.20. The summed E-state index contributed by atoms with van der Waals surface area (Å²) in [4.78, 5) is 14.2. The summed E-state index contributed by atoms with van der Waals surface area (Å²) in [6.45, 7) is 8.91. The molecular formula is C16H33ClN2O2. The molecule has 1 aliphatic rings. The van der Waals surface area contributed by atoms with Crippen LogP contribution in [0.25, 0.3) is 0 Å². The summed E-state index contributed by atoms with van der Waals surface area (Å²) in [6, 6.07) is 0. The molecule has 5 heteroatoms. The van der Waals surface area contributed by atoms with Crippen LogP contribution in [0.3, 0.4) is 0 Å². The maximum atomic E-state index is 11.8. The molecule has 0 aromatic carbocycles. The van der Waals surface area contributed by atoms with Crippen molar-refractivity contribution in [1.29, 1.82) is 0 Å².